The van der Waals surface area contributed by atoms with Crippen LogP contribution in [0.4, 0.5) is 4.79 Å². The van der Waals surface area contributed by atoms with Crippen LogP contribution in [0.25, 0.3) is 0 Å². The molecule has 5 heteroatoms. The van der Waals surface area contributed by atoms with Gasteiger partial charge in [-0.25, -0.2) is 4.79 Å². The second kappa shape index (κ2) is 8.91. The molecule has 28 heavy (non-hydrogen) atoms. The van der Waals surface area contributed by atoms with E-state index in [0.717, 1.165) is 38.5 Å². The molecule has 5 nitrogen and oxygen atoms in total. The van der Waals surface area contributed by atoms with Crippen LogP contribution in [-0.4, -0.2) is 29.4 Å². The smallest absolute Gasteiger partial charge is 0.450 e. The molecule has 0 aromatic rings. The molecule has 0 bridgehead atoms. The first kappa shape index (κ1) is 23.5. The molecule has 2 saturated carbocycles. The van der Waals surface area contributed by atoms with Gasteiger partial charge in [0.15, 0.2) is 0 Å². The highest BCUT2D eigenvalue weighted by Crippen LogP contribution is 2.46. The fourth-order valence-corrected chi connectivity index (χ4v) is 5.01. The van der Waals surface area contributed by atoms with Gasteiger partial charge in [0.2, 0.25) is 0 Å². The predicted molar refractivity (Wildman–Crippen MR) is 110 cm³/mol. The van der Waals surface area contributed by atoms with E-state index >= 15 is 0 Å². The highest BCUT2D eigenvalue weighted by atomic mass is 16.9. The maximum absolute atomic E-state index is 11.4. The average molecular weight is 399 g/mol. The maximum Gasteiger partial charge on any atom is 0.510 e. The molecule has 2 rings (SSSR count). The lowest BCUT2D eigenvalue weighted by Gasteiger charge is -2.45. The highest BCUT2D eigenvalue weighted by molar-refractivity contribution is 5.57. The summed E-state index contributed by atoms with van der Waals surface area (Å²) in [4.78, 5) is 11.4. The summed E-state index contributed by atoms with van der Waals surface area (Å²) in [6, 6.07) is 0. The monoisotopic (exact) mass is 398 g/mol. The third kappa shape index (κ3) is 5.85. The predicted octanol–water partition coefficient (Wildman–Crippen LogP) is 6.60. The summed E-state index contributed by atoms with van der Waals surface area (Å²) < 4.78 is 17.7. The van der Waals surface area contributed by atoms with Gasteiger partial charge in [-0.1, -0.05) is 54.4 Å². The van der Waals surface area contributed by atoms with Crippen molar-refractivity contribution in [3.05, 3.63) is 0 Å². The van der Waals surface area contributed by atoms with Crippen LogP contribution >= 0.6 is 0 Å². The van der Waals surface area contributed by atoms with Gasteiger partial charge in [0.25, 0.3) is 0 Å². The maximum atomic E-state index is 11.4. The number of carboxylic acid groups (broad SMARTS) is 1. The van der Waals surface area contributed by atoms with E-state index in [-0.39, 0.29) is 23.0 Å². The Bertz CT molecular complexity index is 495. The van der Waals surface area contributed by atoms with E-state index in [1.807, 2.05) is 0 Å². The van der Waals surface area contributed by atoms with Gasteiger partial charge in [-0.05, 0) is 61.2 Å². The van der Waals surface area contributed by atoms with E-state index in [9.17, 15) is 9.90 Å². The van der Waals surface area contributed by atoms with Crippen molar-refractivity contribution in [2.45, 2.75) is 118 Å². The van der Waals surface area contributed by atoms with Crippen LogP contribution in [0.2, 0.25) is 0 Å². The quantitative estimate of drug-likeness (QED) is 0.387. The Labute approximate surface area is 171 Å². The summed E-state index contributed by atoms with van der Waals surface area (Å²) in [5, 5.41) is 9.31. The Kier molecular flexibility index (Phi) is 7.47. The van der Waals surface area contributed by atoms with Crippen molar-refractivity contribution in [3.8, 4) is 0 Å². The summed E-state index contributed by atoms with van der Waals surface area (Å²) in [7, 11) is 0. The molecule has 0 amide bonds. The molecule has 2 fully saturated rings. The largest absolute Gasteiger partial charge is 0.510 e. The van der Waals surface area contributed by atoms with Gasteiger partial charge in [-0.15, -0.1) is 0 Å². The minimum Gasteiger partial charge on any atom is -0.450 e. The molecule has 0 saturated heterocycles. The first-order valence-electron chi connectivity index (χ1n) is 11.1. The summed E-state index contributed by atoms with van der Waals surface area (Å²) in [5.41, 5.74) is 0.405. The Balaban J connectivity index is 2.09. The van der Waals surface area contributed by atoms with Crippen molar-refractivity contribution in [2.24, 2.45) is 22.7 Å². The zero-order valence-corrected chi connectivity index (χ0v) is 19.0. The number of carbonyl (C=O) groups is 1. The molecular formula is C23H42O5. The van der Waals surface area contributed by atoms with Crippen LogP contribution in [-0.2, 0) is 14.2 Å². The van der Waals surface area contributed by atoms with Crippen LogP contribution in [0.15, 0.2) is 0 Å². The lowest BCUT2D eigenvalue weighted by atomic mass is 9.67. The Morgan fingerprint density at radius 2 is 1.32 bits per heavy atom. The molecule has 4 atom stereocenters. The summed E-state index contributed by atoms with van der Waals surface area (Å²) in [6.45, 7) is 15.2. The number of rotatable bonds is 7. The van der Waals surface area contributed by atoms with Gasteiger partial charge in [0, 0.05) is 6.92 Å². The van der Waals surface area contributed by atoms with Crippen molar-refractivity contribution in [1.82, 2.24) is 0 Å². The van der Waals surface area contributed by atoms with Gasteiger partial charge >= 0.3 is 12.1 Å². The molecule has 0 aromatic carbocycles. The van der Waals surface area contributed by atoms with E-state index in [4.69, 9.17) is 14.2 Å². The van der Waals surface area contributed by atoms with E-state index in [0.29, 0.717) is 11.8 Å². The van der Waals surface area contributed by atoms with E-state index < -0.39 is 12.1 Å². The third-order valence-corrected chi connectivity index (χ3v) is 7.76. The van der Waals surface area contributed by atoms with Crippen molar-refractivity contribution >= 4 is 6.16 Å². The first-order valence-corrected chi connectivity index (χ1v) is 11.1. The minimum atomic E-state index is -1.55. The fraction of sp³-hybridized carbons (Fsp3) is 0.957. The van der Waals surface area contributed by atoms with Gasteiger partial charge in [0.05, 0.1) is 12.2 Å². The van der Waals surface area contributed by atoms with Crippen LogP contribution in [0.1, 0.15) is 99.8 Å². The van der Waals surface area contributed by atoms with E-state index in [1.54, 1.807) is 6.92 Å². The van der Waals surface area contributed by atoms with Crippen molar-refractivity contribution < 1.29 is 24.1 Å². The molecular weight excluding hydrogens is 356 g/mol. The van der Waals surface area contributed by atoms with Gasteiger partial charge in [0.1, 0.15) is 0 Å². The normalized spacial score (nSPS) is 36.3. The number of hydrogen-bond acceptors (Lipinski definition) is 4. The molecule has 0 aromatic heterocycles. The lowest BCUT2D eigenvalue weighted by molar-refractivity contribution is -0.385. The van der Waals surface area contributed by atoms with Gasteiger partial charge in [-0.2, -0.15) is 0 Å². The Morgan fingerprint density at radius 3 is 1.64 bits per heavy atom. The van der Waals surface area contributed by atoms with Crippen molar-refractivity contribution in [2.75, 3.05) is 0 Å². The number of ether oxygens (including phenoxy) is 3. The Morgan fingerprint density at radius 1 is 0.929 bits per heavy atom. The van der Waals surface area contributed by atoms with E-state index in [2.05, 4.69) is 41.5 Å². The highest BCUT2D eigenvalue weighted by Gasteiger charge is 2.44. The topological polar surface area (TPSA) is 65.0 Å². The van der Waals surface area contributed by atoms with Crippen LogP contribution in [0.3, 0.4) is 0 Å². The SMILES string of the molecule is CC(C)C1(C)CCCC(OC(C)(OC(=O)O)OC2CCCC(C)(C(C)C)C2)C1. The van der Waals surface area contributed by atoms with Gasteiger partial charge in [-0.3, -0.25) is 0 Å². The second-order valence-electron chi connectivity index (χ2n) is 10.5. The molecule has 0 spiro atoms. The van der Waals surface area contributed by atoms with E-state index in [1.165, 1.54) is 12.8 Å². The standard InChI is InChI=1S/C23H42O5/c1-16(2)21(5)12-8-10-18(14-21)26-23(7,28-20(24)25)27-19-11-9-13-22(6,15-19)17(3)4/h16-19H,8-15H2,1-7H3,(H,24,25). The molecule has 2 aliphatic carbocycles. The Hall–Kier alpha value is -0.810. The molecule has 2 aliphatic rings. The third-order valence-electron chi connectivity index (χ3n) is 7.76. The molecule has 1 N–H and O–H groups in total. The first-order chi connectivity index (χ1) is 12.9. The summed E-state index contributed by atoms with van der Waals surface area (Å²) in [5.74, 6) is -0.445. The lowest BCUT2D eigenvalue weighted by Crippen LogP contribution is -2.47. The van der Waals surface area contributed by atoms with Crippen molar-refractivity contribution in [1.29, 1.82) is 0 Å². The van der Waals surface area contributed by atoms with Gasteiger partial charge < -0.3 is 19.3 Å². The number of hydrogen-bond donors (Lipinski definition) is 1. The molecule has 0 heterocycles. The zero-order valence-electron chi connectivity index (χ0n) is 19.0. The summed E-state index contributed by atoms with van der Waals surface area (Å²) >= 11 is 0. The zero-order chi connectivity index (χ0) is 21.2. The van der Waals surface area contributed by atoms with Crippen molar-refractivity contribution in [3.63, 3.8) is 0 Å². The van der Waals surface area contributed by atoms with Crippen LogP contribution in [0.5, 0.6) is 0 Å². The summed E-state index contributed by atoms with van der Waals surface area (Å²) in [6.07, 6.45) is 6.70. The molecule has 4 unspecified atom stereocenters. The molecule has 164 valence electrons. The van der Waals surface area contributed by atoms with Crippen LogP contribution in [0, 0.1) is 22.7 Å². The second-order valence-corrected chi connectivity index (χ2v) is 10.5. The minimum absolute atomic E-state index is 0.0504. The van der Waals surface area contributed by atoms with Crippen LogP contribution < -0.4 is 0 Å². The average Bonchev–Trinajstić information content (AvgIpc) is 2.53. The molecule has 0 radical (unpaired) electrons. The molecule has 0 aliphatic heterocycles. The fourth-order valence-electron chi connectivity index (χ4n) is 5.01.